The number of carbonyl (C=O) groups excluding carboxylic acids is 2. The van der Waals surface area contributed by atoms with Crippen LogP contribution in [0.2, 0.25) is 0 Å². The monoisotopic (exact) mass is 159 g/mol. The minimum Gasteiger partial charge on any atom is -0.433 e. The van der Waals surface area contributed by atoms with Gasteiger partial charge in [0.2, 0.25) is 5.79 Å². The van der Waals surface area contributed by atoms with Crippen molar-refractivity contribution in [3.05, 3.63) is 6.42 Å². The number of ether oxygens (including phenoxy) is 2. The molecule has 4 heteroatoms. The van der Waals surface area contributed by atoms with E-state index in [4.69, 9.17) is 4.74 Å². The lowest BCUT2D eigenvalue weighted by Gasteiger charge is -2.22. The molecule has 0 unspecified atom stereocenters. The minimum atomic E-state index is -0.976. The summed E-state index contributed by atoms with van der Waals surface area (Å²) in [4.78, 5) is 20.4. The Balaban J connectivity index is 3.82. The Kier molecular flexibility index (Phi) is 3.74. The molecule has 0 rings (SSSR count). The van der Waals surface area contributed by atoms with Crippen LogP contribution in [-0.2, 0) is 19.1 Å². The van der Waals surface area contributed by atoms with Crippen molar-refractivity contribution < 1.29 is 19.1 Å². The van der Waals surface area contributed by atoms with E-state index in [1.165, 1.54) is 7.11 Å². The predicted octanol–water partition coefficient (Wildman–Crippen LogP) is 0.315. The maximum absolute atomic E-state index is 10.6. The van der Waals surface area contributed by atoms with Gasteiger partial charge >= 0.3 is 5.97 Å². The topological polar surface area (TPSA) is 52.6 Å². The van der Waals surface area contributed by atoms with Crippen LogP contribution in [0.15, 0.2) is 0 Å². The van der Waals surface area contributed by atoms with Crippen LogP contribution in [0.25, 0.3) is 0 Å². The molecule has 0 atom stereocenters. The lowest BCUT2D eigenvalue weighted by atomic mass is 10.4. The van der Waals surface area contributed by atoms with Crippen molar-refractivity contribution in [1.29, 1.82) is 0 Å². The zero-order valence-electron chi connectivity index (χ0n) is 6.79. The molecule has 0 amide bonds. The summed E-state index contributed by atoms with van der Waals surface area (Å²) < 4.78 is 9.46. The highest BCUT2D eigenvalue weighted by Crippen LogP contribution is 2.09. The first-order valence-electron chi connectivity index (χ1n) is 3.08. The summed E-state index contributed by atoms with van der Waals surface area (Å²) in [6, 6.07) is 0. The largest absolute Gasteiger partial charge is 0.433 e. The molecule has 0 N–H and O–H groups in total. The summed E-state index contributed by atoms with van der Waals surface area (Å²) >= 11 is 0. The lowest BCUT2D eigenvalue weighted by Crippen LogP contribution is -2.30. The zero-order valence-corrected chi connectivity index (χ0v) is 6.79. The number of methoxy groups -OCH3 is 1. The van der Waals surface area contributed by atoms with Crippen LogP contribution in [0.5, 0.6) is 0 Å². The summed E-state index contributed by atoms with van der Waals surface area (Å²) in [5.41, 5.74) is 0. The van der Waals surface area contributed by atoms with Crippen molar-refractivity contribution in [2.75, 3.05) is 7.11 Å². The van der Waals surface area contributed by atoms with Crippen molar-refractivity contribution >= 4 is 12.3 Å². The van der Waals surface area contributed by atoms with E-state index >= 15 is 0 Å². The predicted molar refractivity (Wildman–Crippen MR) is 37.5 cm³/mol. The lowest BCUT2D eigenvalue weighted by molar-refractivity contribution is -0.201. The molecule has 1 radical (unpaired) electrons. The third-order valence-electron chi connectivity index (χ3n) is 1.04. The van der Waals surface area contributed by atoms with Gasteiger partial charge in [-0.15, -0.1) is 0 Å². The van der Waals surface area contributed by atoms with Gasteiger partial charge in [-0.25, -0.2) is 0 Å². The molecule has 0 aliphatic carbocycles. The van der Waals surface area contributed by atoms with Gasteiger partial charge in [0, 0.05) is 21.0 Å². The quantitative estimate of drug-likeness (QED) is 0.256. The molecule has 0 fully saturated rings. The molecule has 0 aromatic carbocycles. The highest BCUT2D eigenvalue weighted by Gasteiger charge is 2.21. The van der Waals surface area contributed by atoms with E-state index in [0.29, 0.717) is 6.29 Å². The third-order valence-corrected chi connectivity index (χ3v) is 1.04. The standard InChI is InChI=1S/C7H11O4/c1-7(2,10-3)11-6(9)4-5-8/h4-5H,1-3H3. The first-order chi connectivity index (χ1) is 5.02. The Morgan fingerprint density at radius 1 is 1.45 bits per heavy atom. The molecule has 0 spiro atoms. The van der Waals surface area contributed by atoms with E-state index in [2.05, 4.69) is 4.74 Å². The van der Waals surface area contributed by atoms with Gasteiger partial charge in [-0.2, -0.15) is 0 Å². The van der Waals surface area contributed by atoms with E-state index in [1.807, 2.05) is 0 Å². The smallest absolute Gasteiger partial charge is 0.320 e. The highest BCUT2D eigenvalue weighted by molar-refractivity contribution is 5.96. The number of hydrogen-bond acceptors (Lipinski definition) is 4. The van der Waals surface area contributed by atoms with E-state index in [0.717, 1.165) is 6.42 Å². The molecule has 4 nitrogen and oxygen atoms in total. The van der Waals surface area contributed by atoms with Gasteiger partial charge in [0.15, 0.2) is 0 Å². The van der Waals surface area contributed by atoms with Crippen molar-refractivity contribution in [1.82, 2.24) is 0 Å². The van der Waals surface area contributed by atoms with Gasteiger partial charge in [0.1, 0.15) is 12.7 Å². The first kappa shape index (κ1) is 10.1. The molecule has 63 valence electrons. The van der Waals surface area contributed by atoms with Crippen molar-refractivity contribution in [3.63, 3.8) is 0 Å². The number of carbonyl (C=O) groups is 2. The fourth-order valence-electron chi connectivity index (χ4n) is 0.373. The molecule has 0 saturated carbocycles. The molecule has 0 aliphatic rings. The maximum Gasteiger partial charge on any atom is 0.320 e. The molecule has 0 heterocycles. The van der Waals surface area contributed by atoms with Crippen LogP contribution in [0.1, 0.15) is 13.8 Å². The van der Waals surface area contributed by atoms with E-state index in [9.17, 15) is 9.59 Å². The van der Waals surface area contributed by atoms with Crippen molar-refractivity contribution in [3.8, 4) is 0 Å². The first-order valence-corrected chi connectivity index (χ1v) is 3.08. The van der Waals surface area contributed by atoms with Gasteiger partial charge in [-0.05, 0) is 0 Å². The van der Waals surface area contributed by atoms with Crippen molar-refractivity contribution in [2.45, 2.75) is 19.6 Å². The Hall–Kier alpha value is -0.900. The third kappa shape index (κ3) is 4.50. The average Bonchev–Trinajstić information content (AvgIpc) is 1.87. The van der Waals surface area contributed by atoms with Crippen LogP contribution >= 0.6 is 0 Å². The molecule has 0 aromatic rings. The van der Waals surface area contributed by atoms with Gasteiger partial charge in [-0.3, -0.25) is 4.79 Å². The Bertz CT molecular complexity index is 151. The summed E-state index contributed by atoms with van der Waals surface area (Å²) in [6.07, 6.45) is 1.16. The molecule has 0 aromatic heterocycles. The Labute approximate surface area is 65.5 Å². The number of aldehydes is 1. The molecule has 0 bridgehead atoms. The summed E-state index contributed by atoms with van der Waals surface area (Å²) in [7, 11) is 1.41. The summed E-state index contributed by atoms with van der Waals surface area (Å²) in [5.74, 6) is -1.68. The van der Waals surface area contributed by atoms with Crippen LogP contribution in [-0.4, -0.2) is 25.2 Å². The van der Waals surface area contributed by atoms with Crippen LogP contribution in [0.4, 0.5) is 0 Å². The Morgan fingerprint density at radius 3 is 2.36 bits per heavy atom. The normalized spacial score (nSPS) is 10.8. The second kappa shape index (κ2) is 4.08. The maximum atomic E-state index is 10.6. The second-order valence-electron chi connectivity index (χ2n) is 2.33. The Morgan fingerprint density at radius 2 is 2.00 bits per heavy atom. The summed E-state index contributed by atoms with van der Waals surface area (Å²) in [5, 5.41) is 0. The number of hydrogen-bond donors (Lipinski definition) is 0. The number of esters is 1. The molecular weight excluding hydrogens is 148 g/mol. The highest BCUT2D eigenvalue weighted by atomic mass is 16.7. The van der Waals surface area contributed by atoms with E-state index in [-0.39, 0.29) is 0 Å². The second-order valence-corrected chi connectivity index (χ2v) is 2.33. The number of rotatable bonds is 4. The van der Waals surface area contributed by atoms with E-state index < -0.39 is 11.8 Å². The van der Waals surface area contributed by atoms with Gasteiger partial charge in [0.05, 0.1) is 0 Å². The van der Waals surface area contributed by atoms with Gasteiger partial charge in [0.25, 0.3) is 0 Å². The fraction of sp³-hybridized carbons (Fsp3) is 0.571. The molecule has 0 aliphatic heterocycles. The van der Waals surface area contributed by atoms with Gasteiger partial charge < -0.3 is 14.3 Å². The SMILES string of the molecule is COC(C)(C)OC(=O)[CH]C=O. The molecule has 0 saturated heterocycles. The minimum absolute atomic E-state index is 0.369. The van der Waals surface area contributed by atoms with Gasteiger partial charge in [-0.1, -0.05) is 0 Å². The summed E-state index contributed by atoms with van der Waals surface area (Å²) in [6.45, 7) is 3.15. The van der Waals surface area contributed by atoms with E-state index in [1.54, 1.807) is 13.8 Å². The van der Waals surface area contributed by atoms with Crippen molar-refractivity contribution in [2.24, 2.45) is 0 Å². The molecule has 11 heavy (non-hydrogen) atoms. The fourth-order valence-corrected chi connectivity index (χ4v) is 0.373. The zero-order chi connectivity index (χ0) is 8.91. The van der Waals surface area contributed by atoms with Crippen LogP contribution < -0.4 is 0 Å². The average molecular weight is 159 g/mol. The van der Waals surface area contributed by atoms with Crippen LogP contribution in [0.3, 0.4) is 0 Å². The molecular formula is C7H11O4. The van der Waals surface area contributed by atoms with Crippen LogP contribution in [0, 0.1) is 6.42 Å².